The Balaban J connectivity index is -0.000000148. The van der Waals surface area contributed by atoms with Crippen molar-refractivity contribution < 1.29 is 0 Å². The van der Waals surface area contributed by atoms with Crippen LogP contribution in [0.4, 0.5) is 0 Å². The lowest BCUT2D eigenvalue weighted by Crippen LogP contribution is -2.02. The summed E-state index contributed by atoms with van der Waals surface area (Å²) in [5.41, 5.74) is 0.953. The summed E-state index contributed by atoms with van der Waals surface area (Å²) in [5.74, 6) is 2.25. The summed E-state index contributed by atoms with van der Waals surface area (Å²) in [6.45, 7) is 5.65. The number of hydrogen-bond acceptors (Lipinski definition) is 0. The average Bonchev–Trinajstić information content (AvgIpc) is 2.26. The predicted octanol–water partition coefficient (Wildman–Crippen LogP) is 4.11. The third kappa shape index (κ3) is 22.6. The Morgan fingerprint density at radius 2 is 1.36 bits per heavy atom. The zero-order valence-corrected chi connectivity index (χ0v) is 11.1. The van der Waals surface area contributed by atoms with Crippen molar-refractivity contribution in [2.45, 2.75) is 58.5 Å². The minimum Gasteiger partial charge on any atom is -0.134 e. The maximum absolute atomic E-state index is 4.60. The fourth-order valence-corrected chi connectivity index (χ4v) is 1.61. The summed E-state index contributed by atoms with van der Waals surface area (Å²) in [6, 6.07) is 0. The molecule has 82 valence electrons. The molecule has 0 spiro atoms. The molecule has 0 amide bonds. The van der Waals surface area contributed by atoms with Gasteiger partial charge in [-0.1, -0.05) is 33.1 Å². The van der Waals surface area contributed by atoms with E-state index in [1.807, 2.05) is 13.8 Å². The second-order valence-corrected chi connectivity index (χ2v) is 3.63. The van der Waals surface area contributed by atoms with Gasteiger partial charge in [0.25, 0.3) is 0 Å². The van der Waals surface area contributed by atoms with Crippen LogP contribution >= 0.6 is 9.24 Å². The van der Waals surface area contributed by atoms with Crippen LogP contribution in [0.5, 0.6) is 0 Å². The molecule has 0 saturated heterocycles. The molecule has 1 saturated carbocycles. The van der Waals surface area contributed by atoms with Crippen molar-refractivity contribution in [2.75, 3.05) is 0 Å². The molecule has 1 heteroatoms. The Labute approximate surface area is 93.5 Å². The third-order valence-electron chi connectivity index (χ3n) is 1.65. The molecule has 0 N–H and O–H groups in total. The van der Waals surface area contributed by atoms with Crippen molar-refractivity contribution in [3.8, 4) is 25.2 Å². The summed E-state index contributed by atoms with van der Waals surface area (Å²) in [6.07, 6.45) is 19.9. The zero-order chi connectivity index (χ0) is 11.8. The van der Waals surface area contributed by atoms with Gasteiger partial charge in [0, 0.05) is 0 Å². The van der Waals surface area contributed by atoms with Crippen LogP contribution in [0.25, 0.3) is 0 Å². The fraction of sp³-hybridized carbons (Fsp3) is 0.692. The van der Waals surface area contributed by atoms with Crippen LogP contribution in [-0.2, 0) is 0 Å². The Hall–Kier alpha value is -0.450. The van der Waals surface area contributed by atoms with E-state index in [0.717, 1.165) is 5.66 Å². The third-order valence-corrected chi connectivity index (χ3v) is 2.32. The van der Waals surface area contributed by atoms with Crippen LogP contribution in [0.15, 0.2) is 0 Å². The standard InChI is InChI=1S/C6H13P.C3H4.C2H6.C2H2/c7-6-4-2-1-3-5-6;1-3-2;2*1-2/h6H,1-5,7H2;1H,2H3;1-2H3;1-2H. The highest BCUT2D eigenvalue weighted by molar-refractivity contribution is 7.17. The molecule has 1 unspecified atom stereocenters. The van der Waals surface area contributed by atoms with Gasteiger partial charge < -0.3 is 0 Å². The van der Waals surface area contributed by atoms with Crippen LogP contribution in [0.3, 0.4) is 0 Å². The van der Waals surface area contributed by atoms with Gasteiger partial charge in [-0.3, -0.25) is 0 Å². The van der Waals surface area contributed by atoms with Gasteiger partial charge >= 0.3 is 0 Å². The molecule has 0 aromatic heterocycles. The van der Waals surface area contributed by atoms with E-state index >= 15 is 0 Å². The van der Waals surface area contributed by atoms with E-state index in [1.54, 1.807) is 6.92 Å². The number of terminal acetylenes is 2. The average molecular weight is 212 g/mol. The second-order valence-electron chi connectivity index (χ2n) is 2.69. The molecule has 14 heavy (non-hydrogen) atoms. The number of rotatable bonds is 0. The summed E-state index contributed by atoms with van der Waals surface area (Å²) < 4.78 is 0. The first-order valence-electron chi connectivity index (χ1n) is 5.27. The molecule has 0 aliphatic heterocycles. The van der Waals surface area contributed by atoms with Gasteiger partial charge in [-0.25, -0.2) is 0 Å². The predicted molar refractivity (Wildman–Crippen MR) is 72.3 cm³/mol. The molecule has 1 aliphatic rings. The molecule has 0 nitrogen and oxygen atoms in total. The second kappa shape index (κ2) is 22.9. The number of hydrogen-bond donors (Lipinski definition) is 0. The van der Waals surface area contributed by atoms with Crippen molar-refractivity contribution in [3.05, 3.63) is 0 Å². The van der Waals surface area contributed by atoms with Gasteiger partial charge in [-0.05, 0) is 25.4 Å². The lowest BCUT2D eigenvalue weighted by Gasteiger charge is -2.15. The Bertz CT molecular complexity index is 124. The van der Waals surface area contributed by atoms with Gasteiger partial charge in [0.15, 0.2) is 0 Å². The van der Waals surface area contributed by atoms with E-state index in [0.29, 0.717) is 0 Å². The molecule has 1 aliphatic carbocycles. The van der Waals surface area contributed by atoms with Gasteiger partial charge in [0.2, 0.25) is 0 Å². The SMILES string of the molecule is C#C.C#CC.CC.PC1CCCCC1. The first-order chi connectivity index (χ1) is 6.81. The Morgan fingerprint density at radius 3 is 1.50 bits per heavy atom. The molecular formula is C13H25P. The monoisotopic (exact) mass is 212 g/mol. The highest BCUT2D eigenvalue weighted by Crippen LogP contribution is 2.23. The smallest absolute Gasteiger partial charge is 0.00297 e. The van der Waals surface area contributed by atoms with E-state index < -0.39 is 0 Å². The van der Waals surface area contributed by atoms with E-state index in [1.165, 1.54) is 32.1 Å². The van der Waals surface area contributed by atoms with Gasteiger partial charge in [-0.2, -0.15) is 0 Å². The van der Waals surface area contributed by atoms with Crippen LogP contribution in [-0.4, -0.2) is 5.66 Å². The normalized spacial score (nSPS) is 13.8. The van der Waals surface area contributed by atoms with Gasteiger partial charge in [0.1, 0.15) is 0 Å². The van der Waals surface area contributed by atoms with Crippen molar-refractivity contribution in [1.82, 2.24) is 0 Å². The van der Waals surface area contributed by atoms with Gasteiger partial charge in [-0.15, -0.1) is 34.4 Å². The highest BCUT2D eigenvalue weighted by Gasteiger charge is 2.06. The van der Waals surface area contributed by atoms with E-state index in [4.69, 9.17) is 0 Å². The van der Waals surface area contributed by atoms with Crippen molar-refractivity contribution >= 4 is 9.24 Å². The van der Waals surface area contributed by atoms with E-state index in [9.17, 15) is 0 Å². The van der Waals surface area contributed by atoms with Crippen molar-refractivity contribution in [3.63, 3.8) is 0 Å². The molecule has 1 atom stereocenters. The minimum atomic E-state index is 0.953. The first-order valence-corrected chi connectivity index (χ1v) is 5.94. The zero-order valence-electron chi connectivity index (χ0n) is 9.92. The Morgan fingerprint density at radius 1 is 1.07 bits per heavy atom. The summed E-state index contributed by atoms with van der Waals surface area (Å²) in [5, 5.41) is 0. The fourth-order valence-electron chi connectivity index (χ4n) is 1.13. The quantitative estimate of drug-likeness (QED) is 0.419. The first kappa shape index (κ1) is 19.2. The summed E-state index contributed by atoms with van der Waals surface area (Å²) in [4.78, 5) is 0. The summed E-state index contributed by atoms with van der Waals surface area (Å²) >= 11 is 0. The molecule has 0 bridgehead atoms. The van der Waals surface area contributed by atoms with Crippen LogP contribution in [0.2, 0.25) is 0 Å². The van der Waals surface area contributed by atoms with Crippen molar-refractivity contribution in [1.29, 1.82) is 0 Å². The molecule has 0 aromatic carbocycles. The minimum absolute atomic E-state index is 0.953. The summed E-state index contributed by atoms with van der Waals surface area (Å²) in [7, 11) is 2.91. The largest absolute Gasteiger partial charge is 0.134 e. The van der Waals surface area contributed by atoms with Crippen LogP contribution in [0, 0.1) is 25.2 Å². The van der Waals surface area contributed by atoms with E-state index in [-0.39, 0.29) is 0 Å². The van der Waals surface area contributed by atoms with Crippen LogP contribution < -0.4 is 0 Å². The molecule has 1 rings (SSSR count). The van der Waals surface area contributed by atoms with Crippen LogP contribution in [0.1, 0.15) is 52.9 Å². The molecule has 0 aromatic rings. The lowest BCUT2D eigenvalue weighted by molar-refractivity contribution is 0.516. The molecule has 0 heterocycles. The molecule has 1 fully saturated rings. The van der Waals surface area contributed by atoms with Crippen molar-refractivity contribution in [2.24, 2.45) is 0 Å². The van der Waals surface area contributed by atoms with E-state index in [2.05, 4.69) is 34.4 Å². The Kier molecular flexibility index (Phi) is 31.4. The topological polar surface area (TPSA) is 0 Å². The molecule has 0 radical (unpaired) electrons. The molecular weight excluding hydrogens is 187 g/mol. The maximum Gasteiger partial charge on any atom is -0.00297 e. The maximum atomic E-state index is 4.60. The highest BCUT2D eigenvalue weighted by atomic mass is 31.0. The lowest BCUT2D eigenvalue weighted by atomic mass is 10.0. The van der Waals surface area contributed by atoms with Gasteiger partial charge in [0.05, 0.1) is 0 Å².